The number of carboxylic acids is 1. The number of carbonyl (C=O) groups excluding carboxylic acids is 1. The van der Waals surface area contributed by atoms with E-state index in [1.165, 1.54) is 18.3 Å². The van der Waals surface area contributed by atoms with Gasteiger partial charge in [0.25, 0.3) is 5.91 Å². The highest BCUT2D eigenvalue weighted by Crippen LogP contribution is 2.21. The number of H-pyrrole nitrogens is 1. The third kappa shape index (κ3) is 3.12. The molecule has 0 unspecified atom stereocenters. The van der Waals surface area contributed by atoms with Gasteiger partial charge in [-0.1, -0.05) is 36.4 Å². The van der Waals surface area contributed by atoms with Crippen LogP contribution >= 0.6 is 0 Å². The summed E-state index contributed by atoms with van der Waals surface area (Å²) in [5, 5.41) is 12.0. The maximum atomic E-state index is 14.0. The summed E-state index contributed by atoms with van der Waals surface area (Å²) in [5.41, 5.74) is 1.35. The van der Waals surface area contributed by atoms with E-state index in [9.17, 15) is 19.1 Å². The molecule has 0 bridgehead atoms. The molecule has 2 aromatic carbocycles. The molecule has 1 aromatic heterocycles. The Bertz CT molecular complexity index is 890. The topological polar surface area (TPSA) is 82.2 Å². The zero-order chi connectivity index (χ0) is 17.1. The van der Waals surface area contributed by atoms with Crippen molar-refractivity contribution in [2.45, 2.75) is 12.5 Å². The van der Waals surface area contributed by atoms with Crippen LogP contribution in [0, 0.1) is 5.82 Å². The molecule has 3 N–H and O–H groups in total. The highest BCUT2D eigenvalue weighted by atomic mass is 19.1. The Morgan fingerprint density at radius 3 is 2.58 bits per heavy atom. The van der Waals surface area contributed by atoms with E-state index in [-0.39, 0.29) is 17.4 Å². The number of aliphatic carboxylic acids is 1. The van der Waals surface area contributed by atoms with Crippen LogP contribution in [0.1, 0.15) is 15.9 Å². The van der Waals surface area contributed by atoms with Crippen LogP contribution in [0.2, 0.25) is 0 Å². The van der Waals surface area contributed by atoms with Gasteiger partial charge < -0.3 is 15.4 Å². The third-order valence-electron chi connectivity index (χ3n) is 3.79. The summed E-state index contributed by atoms with van der Waals surface area (Å²) < 4.78 is 14.0. The second-order valence-electron chi connectivity index (χ2n) is 5.42. The van der Waals surface area contributed by atoms with Crippen LogP contribution in [0.3, 0.4) is 0 Å². The van der Waals surface area contributed by atoms with Gasteiger partial charge in [0.2, 0.25) is 0 Å². The van der Waals surface area contributed by atoms with Gasteiger partial charge in [-0.15, -0.1) is 0 Å². The number of carboxylic acid groups (broad SMARTS) is 1. The number of aromatic amines is 1. The summed E-state index contributed by atoms with van der Waals surface area (Å²) in [5.74, 6) is -2.31. The first kappa shape index (κ1) is 15.7. The van der Waals surface area contributed by atoms with Gasteiger partial charge in [0.15, 0.2) is 0 Å². The van der Waals surface area contributed by atoms with Crippen molar-refractivity contribution in [3.8, 4) is 0 Å². The van der Waals surface area contributed by atoms with E-state index in [0.29, 0.717) is 5.52 Å². The predicted octanol–water partition coefficient (Wildman–Crippen LogP) is 2.73. The van der Waals surface area contributed by atoms with E-state index in [1.54, 1.807) is 30.3 Å². The molecule has 0 aliphatic rings. The largest absolute Gasteiger partial charge is 0.480 e. The molecule has 5 nitrogen and oxygen atoms in total. The smallest absolute Gasteiger partial charge is 0.326 e. The number of hydrogen-bond acceptors (Lipinski definition) is 2. The number of rotatable bonds is 5. The average molecular weight is 326 g/mol. The lowest BCUT2D eigenvalue weighted by atomic mass is 10.1. The summed E-state index contributed by atoms with van der Waals surface area (Å²) in [6.07, 6.45) is 1.53. The van der Waals surface area contributed by atoms with Gasteiger partial charge in [0, 0.05) is 23.5 Å². The molecule has 0 saturated carbocycles. The number of benzene rings is 2. The molecule has 0 aliphatic heterocycles. The lowest BCUT2D eigenvalue weighted by molar-refractivity contribution is -0.139. The normalized spacial score (nSPS) is 12.0. The minimum absolute atomic E-state index is 0.0856. The lowest BCUT2D eigenvalue weighted by Crippen LogP contribution is -2.42. The van der Waals surface area contributed by atoms with Gasteiger partial charge in [-0.2, -0.15) is 0 Å². The van der Waals surface area contributed by atoms with Crippen molar-refractivity contribution in [3.63, 3.8) is 0 Å². The molecule has 6 heteroatoms. The molecule has 1 atom stereocenters. The van der Waals surface area contributed by atoms with E-state index < -0.39 is 23.7 Å². The number of amides is 1. The first-order valence-corrected chi connectivity index (χ1v) is 7.39. The summed E-state index contributed by atoms with van der Waals surface area (Å²) >= 11 is 0. The fourth-order valence-corrected chi connectivity index (χ4v) is 2.61. The monoisotopic (exact) mass is 326 g/mol. The van der Waals surface area contributed by atoms with Crippen LogP contribution < -0.4 is 5.32 Å². The molecule has 1 heterocycles. The summed E-state index contributed by atoms with van der Waals surface area (Å²) in [6, 6.07) is 12.3. The van der Waals surface area contributed by atoms with Crippen molar-refractivity contribution in [1.29, 1.82) is 0 Å². The molecule has 0 fully saturated rings. The molecule has 1 amide bonds. The Balaban J connectivity index is 1.84. The molecule has 3 rings (SSSR count). The summed E-state index contributed by atoms with van der Waals surface area (Å²) in [7, 11) is 0. The van der Waals surface area contributed by atoms with Crippen molar-refractivity contribution in [2.75, 3.05) is 0 Å². The first-order valence-electron chi connectivity index (χ1n) is 7.39. The van der Waals surface area contributed by atoms with E-state index in [2.05, 4.69) is 10.3 Å². The highest BCUT2D eigenvalue weighted by Gasteiger charge is 2.23. The van der Waals surface area contributed by atoms with Crippen molar-refractivity contribution in [2.24, 2.45) is 0 Å². The number of hydrogen-bond donors (Lipinski definition) is 3. The maximum Gasteiger partial charge on any atom is 0.326 e. The van der Waals surface area contributed by atoms with Crippen molar-refractivity contribution in [3.05, 3.63) is 71.7 Å². The fraction of sp³-hybridized carbons (Fsp3) is 0.111. The molecular weight excluding hydrogens is 311 g/mol. The molecule has 122 valence electrons. The molecule has 24 heavy (non-hydrogen) atoms. The number of aromatic nitrogens is 1. The SMILES string of the molecule is O=C(N[C@H](Cc1ccccc1)C(=O)O)c1c[nH]c2cccc(F)c12. The van der Waals surface area contributed by atoms with Gasteiger partial charge in [0.1, 0.15) is 11.9 Å². The van der Waals surface area contributed by atoms with Crippen LogP contribution in [0.15, 0.2) is 54.7 Å². The molecular formula is C18H15FN2O3. The standard InChI is InChI=1S/C18H15FN2O3/c19-13-7-4-8-14-16(13)12(10-20-14)17(22)21-15(18(23)24)9-11-5-2-1-3-6-11/h1-8,10,15,20H,9H2,(H,21,22)(H,23,24)/t15-/m1/s1. The Morgan fingerprint density at radius 1 is 1.12 bits per heavy atom. The third-order valence-corrected chi connectivity index (χ3v) is 3.79. The van der Waals surface area contributed by atoms with Crippen LogP contribution in [0.25, 0.3) is 10.9 Å². The quantitative estimate of drug-likeness (QED) is 0.674. The zero-order valence-electron chi connectivity index (χ0n) is 12.6. The summed E-state index contributed by atoms with van der Waals surface area (Å²) in [6.45, 7) is 0. The number of nitrogens with one attached hydrogen (secondary N) is 2. The van der Waals surface area contributed by atoms with Crippen LogP contribution in [0.4, 0.5) is 4.39 Å². The highest BCUT2D eigenvalue weighted by molar-refractivity contribution is 6.07. The maximum absolute atomic E-state index is 14.0. The minimum Gasteiger partial charge on any atom is -0.480 e. The molecule has 0 spiro atoms. The average Bonchev–Trinajstić information content (AvgIpc) is 3.00. The minimum atomic E-state index is -1.15. The predicted molar refractivity (Wildman–Crippen MR) is 87.3 cm³/mol. The van der Waals surface area contributed by atoms with Crippen molar-refractivity contribution >= 4 is 22.8 Å². The van der Waals surface area contributed by atoms with Gasteiger partial charge in [0.05, 0.1) is 5.56 Å². The Hall–Kier alpha value is -3.15. The van der Waals surface area contributed by atoms with Crippen LogP contribution in [0.5, 0.6) is 0 Å². The lowest BCUT2D eigenvalue weighted by Gasteiger charge is -2.14. The molecule has 0 radical (unpaired) electrons. The Kier molecular flexibility index (Phi) is 4.29. The van der Waals surface area contributed by atoms with Gasteiger partial charge in [-0.3, -0.25) is 4.79 Å². The zero-order valence-corrected chi connectivity index (χ0v) is 12.6. The van der Waals surface area contributed by atoms with E-state index >= 15 is 0 Å². The van der Waals surface area contributed by atoms with E-state index in [4.69, 9.17) is 0 Å². The second kappa shape index (κ2) is 6.54. The van der Waals surface area contributed by atoms with Crippen molar-refractivity contribution in [1.82, 2.24) is 10.3 Å². The van der Waals surface area contributed by atoms with Crippen molar-refractivity contribution < 1.29 is 19.1 Å². The van der Waals surface area contributed by atoms with Crippen LogP contribution in [-0.2, 0) is 11.2 Å². The Morgan fingerprint density at radius 2 is 1.88 bits per heavy atom. The fourth-order valence-electron chi connectivity index (χ4n) is 2.61. The first-order chi connectivity index (χ1) is 11.6. The van der Waals surface area contributed by atoms with Gasteiger partial charge >= 0.3 is 5.97 Å². The molecule has 0 aliphatic carbocycles. The number of carbonyl (C=O) groups is 2. The van der Waals surface area contributed by atoms with Crippen LogP contribution in [-0.4, -0.2) is 28.0 Å². The van der Waals surface area contributed by atoms with Gasteiger partial charge in [-0.25, -0.2) is 9.18 Å². The van der Waals surface area contributed by atoms with E-state index in [0.717, 1.165) is 5.56 Å². The van der Waals surface area contributed by atoms with E-state index in [1.807, 2.05) is 6.07 Å². The molecule has 3 aromatic rings. The summed E-state index contributed by atoms with van der Waals surface area (Å²) in [4.78, 5) is 26.7. The Labute approximate surface area is 137 Å². The second-order valence-corrected chi connectivity index (χ2v) is 5.42. The number of halogens is 1. The molecule has 0 saturated heterocycles. The van der Waals surface area contributed by atoms with Gasteiger partial charge in [-0.05, 0) is 17.7 Å². The number of fused-ring (bicyclic) bond motifs is 1.